The smallest absolute Gasteiger partial charge is 0.504 e. The molecule has 0 amide bonds. The second-order valence-electron chi connectivity index (χ2n) is 17.5. The summed E-state index contributed by atoms with van der Waals surface area (Å²) in [6.45, 7) is 12.3. The van der Waals surface area contributed by atoms with Gasteiger partial charge in [-0.15, -0.1) is 11.8 Å². The average molecular weight is 890 g/mol. The van der Waals surface area contributed by atoms with Gasteiger partial charge >= 0.3 is 18.3 Å². The number of aliphatic hydroxyl groups excluding tert-OH is 1. The minimum absolute atomic E-state index is 0.00694. The molecule has 3 aromatic rings. The zero-order chi connectivity index (χ0) is 44.9. The molecule has 7 aliphatic heterocycles. The number of likely N-dealkylation sites (N-methyl/N-ethyl adjacent to an activating group) is 1. The largest absolute Gasteiger partial charge is 0.518 e. The van der Waals surface area contributed by atoms with Crippen LogP contribution in [-0.2, 0) is 37.4 Å². The lowest BCUT2D eigenvalue weighted by atomic mass is 9.73. The number of nitrogens with zero attached hydrogens (tertiary/aromatic N) is 2. The Morgan fingerprint density at radius 3 is 2.46 bits per heavy atom. The van der Waals surface area contributed by atoms with Crippen molar-refractivity contribution in [1.29, 1.82) is 0 Å². The van der Waals surface area contributed by atoms with E-state index in [9.17, 15) is 19.8 Å². The number of phenols is 1. The number of phenolic OH excluding ortho intramolecular Hbond substituents is 1. The Morgan fingerprint density at radius 2 is 1.75 bits per heavy atom. The summed E-state index contributed by atoms with van der Waals surface area (Å²) in [6.07, 6.45) is -1.21. The highest BCUT2D eigenvalue weighted by molar-refractivity contribution is 7.99. The lowest BCUT2D eigenvalue weighted by Gasteiger charge is -2.62. The summed E-state index contributed by atoms with van der Waals surface area (Å²) in [6, 6.07) is 2.79. The maximum absolute atomic E-state index is 15.0. The van der Waals surface area contributed by atoms with E-state index < -0.39 is 65.1 Å². The SMILES string of the molecule is C=COC(=O)Oc1c(C)c2c(c3c1[C@H]1SC[C@]4(NCCc5cc(OC(=O)OC(C)(C)C)c(OC)cc54)C(=O)OC[C@H]3N3C1[C@H]1c4c(cc(C)c(OC)c4O)C[C@H]([C@@H]3O)N1C)OCO2. The molecule has 0 aliphatic carbocycles. The van der Waals surface area contributed by atoms with Gasteiger partial charge in [0.25, 0.3) is 0 Å². The predicted molar refractivity (Wildman–Crippen MR) is 226 cm³/mol. The topological polar surface area (TPSA) is 193 Å². The van der Waals surface area contributed by atoms with Crippen molar-refractivity contribution in [3.8, 4) is 40.2 Å². The van der Waals surface area contributed by atoms with Crippen LogP contribution in [0.2, 0.25) is 0 Å². The van der Waals surface area contributed by atoms with E-state index in [1.54, 1.807) is 39.8 Å². The van der Waals surface area contributed by atoms with E-state index in [2.05, 4.69) is 16.8 Å². The van der Waals surface area contributed by atoms with Crippen LogP contribution in [0.4, 0.5) is 9.59 Å². The van der Waals surface area contributed by atoms with Gasteiger partial charge in [0.2, 0.25) is 6.79 Å². The molecule has 1 unspecified atom stereocenters. The molecule has 1 spiro atoms. The molecule has 3 aromatic carbocycles. The Bertz CT molecular complexity index is 2440. The Balaban J connectivity index is 1.26. The first-order valence-corrected chi connectivity index (χ1v) is 21.8. The third-order valence-corrected chi connectivity index (χ3v) is 14.4. The van der Waals surface area contributed by atoms with E-state index in [4.69, 9.17) is 42.6 Å². The van der Waals surface area contributed by atoms with E-state index in [-0.39, 0.29) is 42.2 Å². The van der Waals surface area contributed by atoms with Gasteiger partial charge in [0.15, 0.2) is 40.0 Å². The number of aromatic hydroxyl groups is 1. The first-order chi connectivity index (χ1) is 30.0. The molecule has 336 valence electrons. The number of aryl methyl sites for hydroxylation is 1. The van der Waals surface area contributed by atoms with Crippen molar-refractivity contribution in [1.82, 2.24) is 15.1 Å². The Morgan fingerprint density at radius 1 is 0.984 bits per heavy atom. The number of nitrogens with one attached hydrogen (secondary N) is 1. The van der Waals surface area contributed by atoms with Crippen LogP contribution in [0.15, 0.2) is 31.0 Å². The Hall–Kier alpha value is -5.40. The molecule has 10 rings (SSSR count). The number of hydrogen-bond acceptors (Lipinski definition) is 18. The number of thioether (sulfide) groups is 1. The van der Waals surface area contributed by atoms with Crippen LogP contribution in [-0.4, -0.2) is 109 Å². The van der Waals surface area contributed by atoms with Crippen LogP contribution >= 0.6 is 11.8 Å². The highest BCUT2D eigenvalue weighted by Crippen LogP contribution is 2.64. The Labute approximate surface area is 368 Å². The van der Waals surface area contributed by atoms with Crippen LogP contribution in [0.5, 0.6) is 40.2 Å². The van der Waals surface area contributed by atoms with Crippen LogP contribution in [0.3, 0.4) is 0 Å². The van der Waals surface area contributed by atoms with Crippen molar-refractivity contribution in [2.24, 2.45) is 0 Å². The van der Waals surface area contributed by atoms with Gasteiger partial charge in [0, 0.05) is 40.6 Å². The van der Waals surface area contributed by atoms with E-state index in [0.29, 0.717) is 64.5 Å². The zero-order valence-corrected chi connectivity index (χ0v) is 37.1. The van der Waals surface area contributed by atoms with Crippen molar-refractivity contribution in [3.05, 3.63) is 75.5 Å². The van der Waals surface area contributed by atoms with Gasteiger partial charge in [0.1, 0.15) is 24.2 Å². The molecule has 2 fully saturated rings. The minimum Gasteiger partial charge on any atom is -0.504 e. The van der Waals surface area contributed by atoms with E-state index >= 15 is 4.79 Å². The molecule has 18 heteroatoms. The number of ether oxygens (including phenoxy) is 9. The number of hydrogen-bond donors (Lipinski definition) is 3. The van der Waals surface area contributed by atoms with E-state index in [1.165, 1.54) is 26.0 Å². The van der Waals surface area contributed by atoms with E-state index in [1.807, 2.05) is 24.9 Å². The molecule has 4 bridgehead atoms. The summed E-state index contributed by atoms with van der Waals surface area (Å²) in [5.41, 5.74) is 2.80. The molecule has 2 saturated heterocycles. The second kappa shape index (κ2) is 15.7. The van der Waals surface area contributed by atoms with Gasteiger partial charge in [0.05, 0.1) is 43.9 Å². The molecular weight excluding hydrogens is 839 g/mol. The number of benzene rings is 3. The lowest BCUT2D eigenvalue weighted by molar-refractivity contribution is -0.186. The molecular formula is C45H51N3O14S. The highest BCUT2D eigenvalue weighted by Gasteiger charge is 2.61. The normalized spacial score (nSPS) is 26.9. The van der Waals surface area contributed by atoms with Crippen molar-refractivity contribution in [2.45, 2.75) is 94.2 Å². The maximum atomic E-state index is 15.0. The number of carbonyl (C=O) groups excluding carboxylic acids is 3. The first kappa shape index (κ1) is 42.9. The summed E-state index contributed by atoms with van der Waals surface area (Å²) in [5, 5.41) is 27.6. The van der Waals surface area contributed by atoms with Crippen molar-refractivity contribution < 1.29 is 67.2 Å². The first-order valence-electron chi connectivity index (χ1n) is 20.7. The van der Waals surface area contributed by atoms with Gasteiger partial charge in [-0.3, -0.25) is 15.1 Å². The minimum atomic E-state index is -1.48. The standard InChI is InChI=1S/C45H51N3O14S/c1-10-56-42(52)61-36-21(3)37-38(59-19-58-37)30-26-17-57-41(51)45(24-16-27(54-8)28(15-22(24)11-12-46-45)60-43(53)62-44(4,5)6)18-63-39(31(30)36)33-32-29-23(13-20(2)35(55-9)34(29)49)14-25(47(32)7)40(50)48(26)33/h10,13,15-16,25-26,32-33,39-40,46,49-50H,1,11-12,14,17-19H2,2-9H3/t25-,26-,32-,33?,39-,40+,45-/m1/s1. The third kappa shape index (κ3) is 6.71. The summed E-state index contributed by atoms with van der Waals surface area (Å²) in [5.74, 6) is 0.999. The molecule has 7 heterocycles. The molecule has 0 saturated carbocycles. The van der Waals surface area contributed by atoms with Crippen LogP contribution in [0, 0.1) is 13.8 Å². The number of carbonyl (C=O) groups is 3. The predicted octanol–water partition coefficient (Wildman–Crippen LogP) is 5.76. The van der Waals surface area contributed by atoms with Crippen molar-refractivity contribution in [2.75, 3.05) is 47.0 Å². The molecule has 0 aromatic heterocycles. The quantitative estimate of drug-likeness (QED) is 0.121. The van der Waals surface area contributed by atoms with Crippen LogP contribution in [0.1, 0.15) is 82.6 Å². The summed E-state index contributed by atoms with van der Waals surface area (Å²) in [7, 11) is 4.88. The third-order valence-electron chi connectivity index (χ3n) is 13.0. The van der Waals surface area contributed by atoms with Gasteiger partial charge in [-0.05, 0) is 88.9 Å². The molecule has 7 atom stereocenters. The summed E-state index contributed by atoms with van der Waals surface area (Å²) < 4.78 is 52.5. The molecule has 0 radical (unpaired) electrons. The molecule has 7 aliphatic rings. The van der Waals surface area contributed by atoms with Gasteiger partial charge in [-0.25, -0.2) is 14.4 Å². The maximum Gasteiger partial charge on any atom is 0.518 e. The summed E-state index contributed by atoms with van der Waals surface area (Å²) in [4.78, 5) is 45.2. The Kier molecular flexibility index (Phi) is 10.7. The number of esters is 1. The van der Waals surface area contributed by atoms with Crippen LogP contribution < -0.4 is 33.7 Å². The number of piperazine rings is 1. The zero-order valence-electron chi connectivity index (χ0n) is 36.3. The van der Waals surface area contributed by atoms with E-state index in [0.717, 1.165) is 23.0 Å². The fourth-order valence-electron chi connectivity index (χ4n) is 10.5. The van der Waals surface area contributed by atoms with Gasteiger partial charge in [-0.2, -0.15) is 0 Å². The van der Waals surface area contributed by atoms with Crippen molar-refractivity contribution >= 4 is 30.0 Å². The number of aliphatic hydroxyl groups is 1. The monoisotopic (exact) mass is 889 g/mol. The molecule has 17 nitrogen and oxygen atoms in total. The summed E-state index contributed by atoms with van der Waals surface area (Å²) >= 11 is 1.39. The lowest BCUT2D eigenvalue weighted by Crippen LogP contribution is -2.70. The molecule has 63 heavy (non-hydrogen) atoms. The van der Waals surface area contributed by atoms with Crippen LogP contribution in [0.25, 0.3) is 0 Å². The number of methoxy groups -OCH3 is 2. The van der Waals surface area contributed by atoms with Gasteiger partial charge in [-0.1, -0.05) is 12.6 Å². The molecule has 3 N–H and O–H groups in total. The van der Waals surface area contributed by atoms with Gasteiger partial charge < -0.3 is 52.8 Å². The number of rotatable bonds is 5. The average Bonchev–Trinajstić information content (AvgIpc) is 3.72. The second-order valence-corrected chi connectivity index (χ2v) is 18.6. The van der Waals surface area contributed by atoms with Crippen molar-refractivity contribution in [3.63, 3.8) is 0 Å². The number of fused-ring (bicyclic) bond motifs is 9. The highest BCUT2D eigenvalue weighted by atomic mass is 32.2. The fraction of sp³-hybridized carbons (Fsp3) is 0.489. The fourth-order valence-corrected chi connectivity index (χ4v) is 12.1.